The van der Waals surface area contributed by atoms with Crippen molar-refractivity contribution in [2.45, 2.75) is 19.9 Å². The Hall–Kier alpha value is -2.30. The van der Waals surface area contributed by atoms with Gasteiger partial charge in [-0.15, -0.1) is 0 Å². The van der Waals surface area contributed by atoms with E-state index in [2.05, 4.69) is 40.0 Å². The predicted molar refractivity (Wildman–Crippen MR) is 80.6 cm³/mol. The maximum atomic E-state index is 4.66. The molecule has 0 aliphatic carbocycles. The molecule has 0 atom stereocenters. The van der Waals surface area contributed by atoms with Crippen LogP contribution in [0.15, 0.2) is 30.5 Å². The molecule has 3 rings (SSSR count). The van der Waals surface area contributed by atoms with Gasteiger partial charge in [0, 0.05) is 20.3 Å². The Kier molecular flexibility index (Phi) is 3.18. The summed E-state index contributed by atoms with van der Waals surface area (Å²) in [5.74, 6) is 1.03. The largest absolute Gasteiger partial charge is 0.375 e. The van der Waals surface area contributed by atoms with Crippen molar-refractivity contribution in [3.63, 3.8) is 0 Å². The van der Waals surface area contributed by atoms with Crippen LogP contribution in [0.1, 0.15) is 18.4 Å². The molecule has 0 fully saturated rings. The van der Waals surface area contributed by atoms with Gasteiger partial charge in [0.05, 0.1) is 29.0 Å². The van der Waals surface area contributed by atoms with Crippen molar-refractivity contribution in [1.29, 1.82) is 0 Å². The van der Waals surface area contributed by atoms with Crippen LogP contribution in [0.4, 0.5) is 5.69 Å². The maximum Gasteiger partial charge on any atom is 0.128 e. The molecule has 20 heavy (non-hydrogen) atoms. The lowest BCUT2D eigenvalue weighted by molar-refractivity contribution is 0.746. The van der Waals surface area contributed by atoms with Crippen molar-refractivity contribution in [3.05, 3.63) is 42.0 Å². The van der Waals surface area contributed by atoms with Gasteiger partial charge in [-0.3, -0.25) is 4.68 Å². The second-order valence-electron chi connectivity index (χ2n) is 4.95. The predicted octanol–water partition coefficient (Wildman–Crippen LogP) is 2.48. The number of fused-ring (bicyclic) bond motifs is 1. The molecule has 0 spiro atoms. The summed E-state index contributed by atoms with van der Waals surface area (Å²) in [6.07, 6.45) is 2.94. The molecular weight excluding hydrogens is 250 g/mol. The molecule has 1 aromatic carbocycles. The Balaban J connectivity index is 1.84. The first-order valence-corrected chi connectivity index (χ1v) is 6.85. The van der Waals surface area contributed by atoms with Gasteiger partial charge in [0.15, 0.2) is 0 Å². The zero-order chi connectivity index (χ0) is 14.1. The molecule has 1 N–H and O–H groups in total. The molecule has 104 valence electrons. The van der Waals surface area contributed by atoms with Crippen LogP contribution in [-0.4, -0.2) is 19.3 Å². The molecule has 0 radical (unpaired) electrons. The topological polar surface area (TPSA) is 47.7 Å². The standard InChI is InChI=1S/C15H19N5/c1-4-11-13(10-19(2)18-11)16-9-15-17-12-7-5-6-8-14(12)20(15)3/h5-8,10,16H,4,9H2,1-3H3. The van der Waals surface area contributed by atoms with E-state index in [9.17, 15) is 0 Å². The molecule has 5 heteroatoms. The lowest BCUT2D eigenvalue weighted by Gasteiger charge is -2.05. The number of hydrogen-bond donors (Lipinski definition) is 1. The van der Waals surface area contributed by atoms with Crippen LogP contribution < -0.4 is 5.32 Å². The van der Waals surface area contributed by atoms with Gasteiger partial charge in [-0.25, -0.2) is 4.98 Å². The van der Waals surface area contributed by atoms with Gasteiger partial charge in [0.25, 0.3) is 0 Å². The van der Waals surface area contributed by atoms with Crippen LogP contribution in [-0.2, 0) is 27.1 Å². The van der Waals surface area contributed by atoms with Gasteiger partial charge in [-0.05, 0) is 18.6 Å². The highest BCUT2D eigenvalue weighted by atomic mass is 15.3. The molecule has 0 bridgehead atoms. The van der Waals surface area contributed by atoms with Crippen LogP contribution in [0.25, 0.3) is 11.0 Å². The number of nitrogens with one attached hydrogen (secondary N) is 1. The van der Waals surface area contributed by atoms with E-state index in [4.69, 9.17) is 0 Å². The summed E-state index contributed by atoms with van der Waals surface area (Å²) < 4.78 is 3.97. The number of aromatic nitrogens is 4. The van der Waals surface area contributed by atoms with Crippen molar-refractivity contribution < 1.29 is 0 Å². The van der Waals surface area contributed by atoms with Crippen molar-refractivity contribution in [3.8, 4) is 0 Å². The van der Waals surface area contributed by atoms with Crippen molar-refractivity contribution in [2.75, 3.05) is 5.32 Å². The first-order chi connectivity index (χ1) is 9.69. The minimum atomic E-state index is 0.698. The van der Waals surface area contributed by atoms with E-state index in [1.54, 1.807) is 0 Å². The third-order valence-corrected chi connectivity index (χ3v) is 3.56. The summed E-state index contributed by atoms with van der Waals surface area (Å²) in [7, 11) is 4.00. The summed E-state index contributed by atoms with van der Waals surface area (Å²) >= 11 is 0. The monoisotopic (exact) mass is 269 g/mol. The van der Waals surface area contributed by atoms with Gasteiger partial charge < -0.3 is 9.88 Å². The van der Waals surface area contributed by atoms with E-state index >= 15 is 0 Å². The Morgan fingerprint density at radius 2 is 2.00 bits per heavy atom. The van der Waals surface area contributed by atoms with Crippen LogP contribution >= 0.6 is 0 Å². The normalized spacial score (nSPS) is 11.2. The number of aryl methyl sites for hydroxylation is 3. The van der Waals surface area contributed by atoms with Gasteiger partial charge >= 0.3 is 0 Å². The van der Waals surface area contributed by atoms with Crippen LogP contribution in [0, 0.1) is 0 Å². The number of hydrogen-bond acceptors (Lipinski definition) is 3. The number of rotatable bonds is 4. The Bertz CT molecular complexity index is 738. The molecule has 0 saturated carbocycles. The van der Waals surface area contributed by atoms with Gasteiger partial charge in [0.2, 0.25) is 0 Å². The summed E-state index contributed by atoms with van der Waals surface area (Å²) in [5, 5.41) is 7.87. The number of anilines is 1. The van der Waals surface area contributed by atoms with Crippen molar-refractivity contribution in [1.82, 2.24) is 19.3 Å². The molecule has 0 unspecified atom stereocenters. The molecule has 2 heterocycles. The third kappa shape index (κ3) is 2.15. The van der Waals surface area contributed by atoms with E-state index in [1.807, 2.05) is 36.1 Å². The number of imidazole rings is 1. The Labute approximate surface area is 118 Å². The second kappa shape index (κ2) is 5.00. The molecular formula is C15H19N5. The molecule has 0 aliphatic rings. The zero-order valence-corrected chi connectivity index (χ0v) is 12.1. The fourth-order valence-corrected chi connectivity index (χ4v) is 2.47. The van der Waals surface area contributed by atoms with Gasteiger partial charge in [0.1, 0.15) is 5.82 Å². The first-order valence-electron chi connectivity index (χ1n) is 6.85. The SMILES string of the molecule is CCc1nn(C)cc1NCc1nc2ccccc2n1C. The van der Waals surface area contributed by atoms with E-state index in [1.165, 1.54) is 0 Å². The zero-order valence-electron chi connectivity index (χ0n) is 12.1. The molecule has 0 amide bonds. The minimum absolute atomic E-state index is 0.698. The van der Waals surface area contributed by atoms with Crippen molar-refractivity contribution >= 4 is 16.7 Å². The Morgan fingerprint density at radius 3 is 2.75 bits per heavy atom. The minimum Gasteiger partial charge on any atom is -0.375 e. The number of nitrogens with zero attached hydrogens (tertiary/aromatic N) is 4. The van der Waals surface area contributed by atoms with E-state index < -0.39 is 0 Å². The van der Waals surface area contributed by atoms with E-state index in [0.717, 1.165) is 34.7 Å². The molecule has 5 nitrogen and oxygen atoms in total. The van der Waals surface area contributed by atoms with Gasteiger partial charge in [-0.2, -0.15) is 5.10 Å². The third-order valence-electron chi connectivity index (χ3n) is 3.56. The second-order valence-corrected chi connectivity index (χ2v) is 4.95. The highest BCUT2D eigenvalue weighted by Crippen LogP contribution is 2.17. The smallest absolute Gasteiger partial charge is 0.128 e. The lowest BCUT2D eigenvalue weighted by atomic mass is 10.3. The summed E-state index contributed by atoms with van der Waals surface area (Å²) in [6.45, 7) is 2.81. The summed E-state index contributed by atoms with van der Waals surface area (Å²) in [4.78, 5) is 4.66. The number of para-hydroxylation sites is 2. The molecule has 3 aromatic rings. The van der Waals surface area contributed by atoms with E-state index in [-0.39, 0.29) is 0 Å². The van der Waals surface area contributed by atoms with Gasteiger partial charge in [-0.1, -0.05) is 19.1 Å². The highest BCUT2D eigenvalue weighted by molar-refractivity contribution is 5.75. The van der Waals surface area contributed by atoms with Crippen LogP contribution in [0.3, 0.4) is 0 Å². The molecule has 0 aliphatic heterocycles. The highest BCUT2D eigenvalue weighted by Gasteiger charge is 2.09. The molecule has 2 aromatic heterocycles. The number of benzene rings is 1. The average molecular weight is 269 g/mol. The van der Waals surface area contributed by atoms with Crippen LogP contribution in [0.2, 0.25) is 0 Å². The molecule has 0 saturated heterocycles. The fourth-order valence-electron chi connectivity index (χ4n) is 2.47. The average Bonchev–Trinajstić information content (AvgIpc) is 2.97. The van der Waals surface area contributed by atoms with Crippen LogP contribution in [0.5, 0.6) is 0 Å². The van der Waals surface area contributed by atoms with E-state index in [0.29, 0.717) is 6.54 Å². The first kappa shape index (κ1) is 12.7. The Morgan fingerprint density at radius 1 is 1.20 bits per heavy atom. The summed E-state index contributed by atoms with van der Waals surface area (Å²) in [5.41, 5.74) is 4.37. The quantitative estimate of drug-likeness (QED) is 0.791. The van der Waals surface area contributed by atoms with Crippen molar-refractivity contribution in [2.24, 2.45) is 14.1 Å². The fraction of sp³-hybridized carbons (Fsp3) is 0.333. The maximum absolute atomic E-state index is 4.66. The summed E-state index contributed by atoms with van der Waals surface area (Å²) in [6, 6.07) is 8.19. The lowest BCUT2D eigenvalue weighted by Crippen LogP contribution is -2.06.